The molecule has 5 nitrogen and oxygen atoms in total. The molecular formula is C13H12ClN3O2. The first-order valence-corrected chi connectivity index (χ1v) is 6.00. The SMILES string of the molecule is Cc1cc(C)c(Nc2ncccc2[N+](=O)[O-])c(Cl)c1. The molecule has 0 spiro atoms. The third kappa shape index (κ3) is 2.82. The molecule has 1 heterocycles. The molecule has 0 saturated carbocycles. The highest BCUT2D eigenvalue weighted by Gasteiger charge is 2.16. The average molecular weight is 278 g/mol. The number of pyridine rings is 1. The number of rotatable bonds is 3. The van der Waals surface area contributed by atoms with Crippen LogP contribution in [0.1, 0.15) is 11.1 Å². The number of hydrogen-bond acceptors (Lipinski definition) is 4. The molecule has 0 aliphatic rings. The summed E-state index contributed by atoms with van der Waals surface area (Å²) in [6, 6.07) is 6.66. The molecule has 1 N–H and O–H groups in total. The van der Waals surface area contributed by atoms with E-state index in [1.165, 1.54) is 18.3 Å². The van der Waals surface area contributed by atoms with Gasteiger partial charge in [0.2, 0.25) is 5.82 Å². The Morgan fingerprint density at radius 2 is 2.11 bits per heavy atom. The summed E-state index contributed by atoms with van der Waals surface area (Å²) in [7, 11) is 0. The quantitative estimate of drug-likeness (QED) is 0.680. The summed E-state index contributed by atoms with van der Waals surface area (Å²) in [6.45, 7) is 3.82. The van der Waals surface area contributed by atoms with Crippen LogP contribution in [0.3, 0.4) is 0 Å². The lowest BCUT2D eigenvalue weighted by molar-refractivity contribution is -0.384. The minimum Gasteiger partial charge on any atom is -0.333 e. The summed E-state index contributed by atoms with van der Waals surface area (Å²) < 4.78 is 0. The molecule has 0 bridgehead atoms. The molecule has 0 atom stereocenters. The first kappa shape index (κ1) is 13.3. The van der Waals surface area contributed by atoms with Gasteiger partial charge in [0.25, 0.3) is 0 Å². The second-order valence-electron chi connectivity index (χ2n) is 4.19. The average Bonchev–Trinajstić information content (AvgIpc) is 2.34. The van der Waals surface area contributed by atoms with Gasteiger partial charge in [-0.05, 0) is 37.1 Å². The Kier molecular flexibility index (Phi) is 3.66. The molecule has 2 aromatic rings. The van der Waals surface area contributed by atoms with Crippen LogP contribution in [-0.2, 0) is 0 Å². The standard InChI is InChI=1S/C13H12ClN3O2/c1-8-6-9(2)12(10(14)7-8)16-13-11(17(18)19)4-3-5-15-13/h3-7H,1-2H3,(H,15,16). The summed E-state index contributed by atoms with van der Waals surface area (Å²) in [5.41, 5.74) is 2.49. The molecule has 0 unspecified atom stereocenters. The highest BCUT2D eigenvalue weighted by Crippen LogP contribution is 2.32. The van der Waals surface area contributed by atoms with E-state index in [0.717, 1.165) is 11.1 Å². The van der Waals surface area contributed by atoms with Crippen molar-refractivity contribution in [2.24, 2.45) is 0 Å². The largest absolute Gasteiger partial charge is 0.333 e. The number of anilines is 2. The van der Waals surface area contributed by atoms with E-state index in [1.54, 1.807) is 6.07 Å². The van der Waals surface area contributed by atoms with Crippen molar-refractivity contribution in [2.45, 2.75) is 13.8 Å². The lowest BCUT2D eigenvalue weighted by Gasteiger charge is -2.11. The van der Waals surface area contributed by atoms with E-state index in [4.69, 9.17) is 11.6 Å². The van der Waals surface area contributed by atoms with Gasteiger partial charge < -0.3 is 5.32 Å². The Bertz CT molecular complexity index is 621. The van der Waals surface area contributed by atoms with E-state index in [-0.39, 0.29) is 11.5 Å². The first-order valence-electron chi connectivity index (χ1n) is 5.62. The summed E-state index contributed by atoms with van der Waals surface area (Å²) >= 11 is 6.16. The monoisotopic (exact) mass is 277 g/mol. The Labute approximate surface area is 115 Å². The van der Waals surface area contributed by atoms with Gasteiger partial charge in [-0.1, -0.05) is 17.7 Å². The number of benzene rings is 1. The van der Waals surface area contributed by atoms with Crippen molar-refractivity contribution in [1.29, 1.82) is 0 Å². The van der Waals surface area contributed by atoms with Gasteiger partial charge in [0.05, 0.1) is 15.6 Å². The molecule has 0 aliphatic heterocycles. The van der Waals surface area contributed by atoms with E-state index in [1.807, 2.05) is 19.9 Å². The molecule has 0 saturated heterocycles. The molecule has 0 amide bonds. The Balaban J connectivity index is 2.45. The van der Waals surface area contributed by atoms with Crippen molar-refractivity contribution in [3.8, 4) is 0 Å². The highest BCUT2D eigenvalue weighted by molar-refractivity contribution is 6.33. The zero-order valence-electron chi connectivity index (χ0n) is 10.5. The molecule has 98 valence electrons. The maximum Gasteiger partial charge on any atom is 0.311 e. The van der Waals surface area contributed by atoms with E-state index in [0.29, 0.717) is 10.7 Å². The lowest BCUT2D eigenvalue weighted by Crippen LogP contribution is -2.01. The van der Waals surface area contributed by atoms with E-state index >= 15 is 0 Å². The fourth-order valence-electron chi connectivity index (χ4n) is 1.83. The molecule has 0 radical (unpaired) electrons. The molecule has 0 aliphatic carbocycles. The van der Waals surface area contributed by atoms with Crippen molar-refractivity contribution in [2.75, 3.05) is 5.32 Å². The van der Waals surface area contributed by atoms with Crippen LogP contribution < -0.4 is 5.32 Å². The van der Waals surface area contributed by atoms with Crippen LogP contribution >= 0.6 is 11.6 Å². The van der Waals surface area contributed by atoms with Gasteiger partial charge >= 0.3 is 5.69 Å². The van der Waals surface area contributed by atoms with Crippen molar-refractivity contribution < 1.29 is 4.92 Å². The van der Waals surface area contributed by atoms with Gasteiger partial charge in [0, 0.05) is 12.3 Å². The lowest BCUT2D eigenvalue weighted by atomic mass is 10.1. The predicted molar refractivity (Wildman–Crippen MR) is 75.1 cm³/mol. The molecular weight excluding hydrogens is 266 g/mol. The van der Waals surface area contributed by atoms with Crippen LogP contribution in [0.5, 0.6) is 0 Å². The van der Waals surface area contributed by atoms with Gasteiger partial charge in [-0.15, -0.1) is 0 Å². The molecule has 0 fully saturated rings. The first-order chi connectivity index (χ1) is 8.99. The number of hydrogen-bond donors (Lipinski definition) is 1. The van der Waals surface area contributed by atoms with Gasteiger partial charge in [-0.3, -0.25) is 10.1 Å². The zero-order chi connectivity index (χ0) is 14.0. The third-order valence-corrected chi connectivity index (χ3v) is 2.96. The summed E-state index contributed by atoms with van der Waals surface area (Å²) in [6.07, 6.45) is 1.49. The number of nitrogens with one attached hydrogen (secondary N) is 1. The predicted octanol–water partition coefficient (Wildman–Crippen LogP) is 4.00. The number of nitro groups is 1. The smallest absolute Gasteiger partial charge is 0.311 e. The number of halogens is 1. The summed E-state index contributed by atoms with van der Waals surface area (Å²) in [5, 5.41) is 14.4. The summed E-state index contributed by atoms with van der Waals surface area (Å²) in [5.74, 6) is 0.182. The molecule has 1 aromatic heterocycles. The van der Waals surface area contributed by atoms with Gasteiger partial charge in [-0.25, -0.2) is 4.98 Å². The maximum absolute atomic E-state index is 10.9. The van der Waals surface area contributed by atoms with Crippen molar-refractivity contribution in [3.63, 3.8) is 0 Å². The van der Waals surface area contributed by atoms with E-state index < -0.39 is 4.92 Å². The second kappa shape index (κ2) is 5.24. The maximum atomic E-state index is 10.9. The van der Waals surface area contributed by atoms with Crippen LogP contribution in [0.15, 0.2) is 30.5 Å². The fourth-order valence-corrected chi connectivity index (χ4v) is 2.20. The Morgan fingerprint density at radius 3 is 2.74 bits per heavy atom. The second-order valence-corrected chi connectivity index (χ2v) is 4.60. The van der Waals surface area contributed by atoms with E-state index in [9.17, 15) is 10.1 Å². The number of nitrogens with zero attached hydrogens (tertiary/aromatic N) is 2. The molecule has 1 aromatic carbocycles. The molecule has 6 heteroatoms. The summed E-state index contributed by atoms with van der Waals surface area (Å²) in [4.78, 5) is 14.4. The van der Waals surface area contributed by atoms with Crippen LogP contribution in [0.4, 0.5) is 17.2 Å². The minimum atomic E-state index is -0.479. The third-order valence-electron chi connectivity index (χ3n) is 2.66. The Morgan fingerprint density at radius 1 is 1.37 bits per heavy atom. The zero-order valence-corrected chi connectivity index (χ0v) is 11.2. The number of aromatic nitrogens is 1. The van der Waals surface area contributed by atoms with E-state index in [2.05, 4.69) is 10.3 Å². The fraction of sp³-hybridized carbons (Fsp3) is 0.154. The van der Waals surface area contributed by atoms with Gasteiger partial charge in [0.15, 0.2) is 0 Å². The van der Waals surface area contributed by atoms with Gasteiger partial charge in [-0.2, -0.15) is 0 Å². The Hall–Kier alpha value is -2.14. The van der Waals surface area contributed by atoms with Crippen LogP contribution in [0, 0.1) is 24.0 Å². The topological polar surface area (TPSA) is 68.1 Å². The van der Waals surface area contributed by atoms with Crippen LogP contribution in [0.25, 0.3) is 0 Å². The number of aryl methyl sites for hydroxylation is 2. The highest BCUT2D eigenvalue weighted by atomic mass is 35.5. The molecule has 19 heavy (non-hydrogen) atoms. The van der Waals surface area contributed by atoms with Crippen molar-refractivity contribution in [3.05, 3.63) is 56.7 Å². The minimum absolute atomic E-state index is 0.0847. The van der Waals surface area contributed by atoms with Crippen LogP contribution in [-0.4, -0.2) is 9.91 Å². The van der Waals surface area contributed by atoms with Crippen LogP contribution in [0.2, 0.25) is 5.02 Å². The molecule has 2 rings (SSSR count). The van der Waals surface area contributed by atoms with Gasteiger partial charge in [0.1, 0.15) is 0 Å². The normalized spacial score (nSPS) is 10.3. The van der Waals surface area contributed by atoms with Crippen molar-refractivity contribution in [1.82, 2.24) is 4.98 Å². The van der Waals surface area contributed by atoms with Crippen molar-refractivity contribution >= 4 is 28.8 Å².